The molecule has 3 N–H and O–H groups in total. The van der Waals surface area contributed by atoms with Crippen LogP contribution < -0.4 is 5.73 Å². The van der Waals surface area contributed by atoms with Gasteiger partial charge in [0.1, 0.15) is 5.82 Å². The summed E-state index contributed by atoms with van der Waals surface area (Å²) in [4.78, 5) is 2.75. The zero-order valence-electron chi connectivity index (χ0n) is 3.47. The summed E-state index contributed by atoms with van der Waals surface area (Å²) in [5.74, 6) is 0.648. The minimum Gasteiger partial charge on any atom is -0.385 e. The third-order valence-electron chi connectivity index (χ3n) is 0.539. The monoisotopic (exact) mass is 132 g/mol. The number of nitrogen functional groups attached to an aromatic ring is 1. The molecule has 0 aromatic carbocycles. The SMILES string of the molecule is Nc1csc(=S)[nH]1. The Kier molecular flexibility index (Phi) is 1.12. The van der Waals surface area contributed by atoms with E-state index in [1.807, 2.05) is 0 Å². The van der Waals surface area contributed by atoms with Crippen LogP contribution >= 0.6 is 23.6 Å². The van der Waals surface area contributed by atoms with Crippen LogP contribution in [0, 0.1) is 3.95 Å². The molecule has 7 heavy (non-hydrogen) atoms. The van der Waals surface area contributed by atoms with Gasteiger partial charge in [-0.15, -0.1) is 11.3 Å². The van der Waals surface area contributed by atoms with Gasteiger partial charge in [-0.25, -0.2) is 0 Å². The fraction of sp³-hybridized carbons (Fsp3) is 0. The standard InChI is InChI=1S/C3H4N2S2/c4-2-1-7-3(6)5-2/h1H,4H2,(H,5,6). The van der Waals surface area contributed by atoms with Gasteiger partial charge in [-0.05, 0) is 12.2 Å². The molecule has 0 spiro atoms. The first-order valence-corrected chi connectivity index (χ1v) is 3.01. The van der Waals surface area contributed by atoms with Crippen molar-refractivity contribution in [1.82, 2.24) is 4.98 Å². The van der Waals surface area contributed by atoms with Gasteiger partial charge in [0.15, 0.2) is 3.95 Å². The second-order valence-electron chi connectivity index (χ2n) is 1.10. The van der Waals surface area contributed by atoms with Crippen molar-refractivity contribution in [2.24, 2.45) is 0 Å². The van der Waals surface area contributed by atoms with Crippen LogP contribution in [0.1, 0.15) is 0 Å². The maximum absolute atomic E-state index is 5.27. The minimum absolute atomic E-state index is 0.648. The van der Waals surface area contributed by atoms with Gasteiger partial charge in [0.25, 0.3) is 0 Å². The first-order chi connectivity index (χ1) is 3.29. The van der Waals surface area contributed by atoms with E-state index in [9.17, 15) is 0 Å². The summed E-state index contributed by atoms with van der Waals surface area (Å²) in [5.41, 5.74) is 5.27. The van der Waals surface area contributed by atoms with Crippen LogP contribution in [0.2, 0.25) is 0 Å². The molecular formula is C3H4N2S2. The first kappa shape index (κ1) is 4.80. The number of thiazole rings is 1. The summed E-state index contributed by atoms with van der Waals surface area (Å²) < 4.78 is 0.734. The number of aromatic amines is 1. The third-order valence-corrected chi connectivity index (χ3v) is 1.62. The highest BCUT2D eigenvalue weighted by Gasteiger charge is 1.80. The molecule has 0 aliphatic rings. The molecule has 2 nitrogen and oxygen atoms in total. The van der Waals surface area contributed by atoms with Crippen molar-refractivity contribution in [2.45, 2.75) is 0 Å². The number of nitrogens with two attached hydrogens (primary N) is 1. The highest BCUT2D eigenvalue weighted by Crippen LogP contribution is 2.03. The largest absolute Gasteiger partial charge is 0.385 e. The maximum atomic E-state index is 5.27. The predicted octanol–water partition coefficient (Wildman–Crippen LogP) is 1.39. The van der Waals surface area contributed by atoms with Crippen molar-refractivity contribution >= 4 is 29.4 Å². The van der Waals surface area contributed by atoms with Crippen molar-refractivity contribution < 1.29 is 0 Å². The molecule has 38 valence electrons. The fourth-order valence-corrected chi connectivity index (χ4v) is 1.03. The number of H-pyrrole nitrogens is 1. The molecule has 1 rings (SSSR count). The van der Waals surface area contributed by atoms with Crippen LogP contribution in [-0.2, 0) is 0 Å². The average Bonchev–Trinajstić information content (AvgIpc) is 1.87. The average molecular weight is 132 g/mol. The molecule has 0 atom stereocenters. The molecule has 0 fully saturated rings. The highest BCUT2D eigenvalue weighted by atomic mass is 32.1. The summed E-state index contributed by atoms with van der Waals surface area (Å²) in [6.07, 6.45) is 0. The van der Waals surface area contributed by atoms with E-state index >= 15 is 0 Å². The molecule has 1 heterocycles. The lowest BCUT2D eigenvalue weighted by molar-refractivity contribution is 1.40. The Morgan fingerprint density at radius 2 is 2.57 bits per heavy atom. The zero-order chi connectivity index (χ0) is 5.28. The summed E-state index contributed by atoms with van der Waals surface area (Å²) >= 11 is 6.15. The molecule has 0 aliphatic carbocycles. The summed E-state index contributed by atoms with van der Waals surface area (Å²) in [6, 6.07) is 0. The lowest BCUT2D eigenvalue weighted by Crippen LogP contribution is -1.80. The quantitative estimate of drug-likeness (QED) is 0.524. The van der Waals surface area contributed by atoms with E-state index in [1.54, 1.807) is 5.38 Å². The van der Waals surface area contributed by atoms with Crippen LogP contribution in [0.3, 0.4) is 0 Å². The predicted molar refractivity (Wildman–Crippen MR) is 33.9 cm³/mol. The molecular weight excluding hydrogens is 128 g/mol. The van der Waals surface area contributed by atoms with Crippen LogP contribution in [0.15, 0.2) is 5.38 Å². The number of anilines is 1. The number of hydrogen-bond donors (Lipinski definition) is 2. The van der Waals surface area contributed by atoms with E-state index in [1.165, 1.54) is 11.3 Å². The van der Waals surface area contributed by atoms with Crippen molar-refractivity contribution in [2.75, 3.05) is 5.73 Å². The summed E-state index contributed by atoms with van der Waals surface area (Å²) in [5, 5.41) is 1.78. The molecule has 0 bridgehead atoms. The van der Waals surface area contributed by atoms with E-state index in [0.717, 1.165) is 3.95 Å². The Balaban J connectivity index is 3.30. The van der Waals surface area contributed by atoms with Crippen LogP contribution in [0.25, 0.3) is 0 Å². The number of nitrogens with one attached hydrogen (secondary N) is 1. The van der Waals surface area contributed by atoms with E-state index in [4.69, 9.17) is 18.0 Å². The number of aromatic nitrogens is 1. The molecule has 1 aromatic heterocycles. The molecule has 0 radical (unpaired) electrons. The van der Waals surface area contributed by atoms with Gasteiger partial charge < -0.3 is 10.7 Å². The van der Waals surface area contributed by atoms with Crippen molar-refractivity contribution in [3.63, 3.8) is 0 Å². The normalized spacial score (nSPS) is 9.14. The second-order valence-corrected chi connectivity index (χ2v) is 2.65. The lowest BCUT2D eigenvalue weighted by atomic mass is 10.9. The number of rotatable bonds is 0. The minimum atomic E-state index is 0.648. The lowest BCUT2D eigenvalue weighted by Gasteiger charge is -1.71. The summed E-state index contributed by atoms with van der Waals surface area (Å²) in [7, 11) is 0. The van der Waals surface area contributed by atoms with E-state index in [0.29, 0.717) is 5.82 Å². The van der Waals surface area contributed by atoms with Gasteiger partial charge in [0, 0.05) is 5.38 Å². The molecule has 0 unspecified atom stereocenters. The van der Waals surface area contributed by atoms with E-state index in [2.05, 4.69) is 4.98 Å². The zero-order valence-corrected chi connectivity index (χ0v) is 5.10. The maximum Gasteiger partial charge on any atom is 0.159 e. The first-order valence-electron chi connectivity index (χ1n) is 1.72. The Labute approximate surface area is 50.0 Å². The second kappa shape index (κ2) is 1.63. The molecule has 0 amide bonds. The molecule has 4 heteroatoms. The molecule has 1 aromatic rings. The van der Waals surface area contributed by atoms with Crippen molar-refractivity contribution in [3.05, 3.63) is 9.33 Å². The Morgan fingerprint density at radius 3 is 2.71 bits per heavy atom. The van der Waals surface area contributed by atoms with Crippen LogP contribution in [0.5, 0.6) is 0 Å². The van der Waals surface area contributed by atoms with Gasteiger partial charge in [0.2, 0.25) is 0 Å². The third kappa shape index (κ3) is 1.01. The van der Waals surface area contributed by atoms with Crippen LogP contribution in [-0.4, -0.2) is 4.98 Å². The number of hydrogen-bond acceptors (Lipinski definition) is 3. The van der Waals surface area contributed by atoms with Gasteiger partial charge in [-0.3, -0.25) is 0 Å². The molecule has 0 aliphatic heterocycles. The van der Waals surface area contributed by atoms with Crippen molar-refractivity contribution in [3.8, 4) is 0 Å². The van der Waals surface area contributed by atoms with E-state index < -0.39 is 0 Å². The Bertz CT molecular complexity index is 199. The smallest absolute Gasteiger partial charge is 0.159 e. The van der Waals surface area contributed by atoms with Gasteiger partial charge in [-0.2, -0.15) is 0 Å². The Morgan fingerprint density at radius 1 is 1.86 bits per heavy atom. The van der Waals surface area contributed by atoms with Gasteiger partial charge in [-0.1, -0.05) is 0 Å². The molecule has 0 saturated heterocycles. The topological polar surface area (TPSA) is 41.8 Å². The fourth-order valence-electron chi connectivity index (χ4n) is 0.294. The Hall–Kier alpha value is -0.350. The van der Waals surface area contributed by atoms with Gasteiger partial charge in [0.05, 0.1) is 0 Å². The highest BCUT2D eigenvalue weighted by molar-refractivity contribution is 7.73. The van der Waals surface area contributed by atoms with Crippen LogP contribution in [0.4, 0.5) is 5.82 Å². The van der Waals surface area contributed by atoms with Gasteiger partial charge >= 0.3 is 0 Å². The molecule has 0 saturated carbocycles. The van der Waals surface area contributed by atoms with Crippen molar-refractivity contribution in [1.29, 1.82) is 0 Å². The summed E-state index contributed by atoms with van der Waals surface area (Å²) in [6.45, 7) is 0. The van der Waals surface area contributed by atoms with E-state index in [-0.39, 0.29) is 0 Å².